The quantitative estimate of drug-likeness (QED) is 0.497. The molecule has 4 rings (SSSR count). The summed E-state index contributed by atoms with van der Waals surface area (Å²) < 4.78 is 42.3. The molecule has 0 atom stereocenters. The SMILES string of the molecule is Cc1ccc(-n2c(C(F)(F)F)nc3c(sc4nccc(N(C)C)c43)c2=O)cc1. The van der Waals surface area contributed by atoms with Gasteiger partial charge in [-0.15, -0.1) is 11.3 Å². The normalized spacial score (nSPS) is 12.1. The fourth-order valence-electron chi connectivity index (χ4n) is 3.09. The Morgan fingerprint density at radius 3 is 2.39 bits per heavy atom. The average Bonchev–Trinajstić information content (AvgIpc) is 3.01. The molecule has 3 heterocycles. The molecule has 0 aliphatic rings. The van der Waals surface area contributed by atoms with Crippen molar-refractivity contribution in [3.8, 4) is 5.69 Å². The minimum absolute atomic E-state index is 0.0255. The molecule has 9 heteroatoms. The number of thiophene rings is 1. The van der Waals surface area contributed by atoms with Gasteiger partial charge >= 0.3 is 6.18 Å². The average molecular weight is 404 g/mol. The van der Waals surface area contributed by atoms with Crippen LogP contribution in [0.5, 0.6) is 0 Å². The molecule has 1 aromatic carbocycles. The van der Waals surface area contributed by atoms with E-state index in [-0.39, 0.29) is 15.9 Å². The lowest BCUT2D eigenvalue weighted by atomic mass is 10.2. The zero-order valence-corrected chi connectivity index (χ0v) is 16.0. The molecule has 5 nitrogen and oxygen atoms in total. The van der Waals surface area contributed by atoms with Crippen molar-refractivity contribution in [1.82, 2.24) is 14.5 Å². The Kier molecular flexibility index (Phi) is 4.15. The Balaban J connectivity index is 2.18. The number of pyridine rings is 1. The van der Waals surface area contributed by atoms with Crippen LogP contribution in [-0.4, -0.2) is 28.6 Å². The largest absolute Gasteiger partial charge is 0.450 e. The number of nitrogens with zero attached hydrogens (tertiary/aromatic N) is 4. The number of fused-ring (bicyclic) bond motifs is 3. The van der Waals surface area contributed by atoms with Crippen LogP contribution in [0.2, 0.25) is 0 Å². The van der Waals surface area contributed by atoms with Gasteiger partial charge in [0, 0.05) is 20.3 Å². The first-order valence-electron chi connectivity index (χ1n) is 8.34. The van der Waals surface area contributed by atoms with Crippen molar-refractivity contribution in [3.05, 3.63) is 58.3 Å². The summed E-state index contributed by atoms with van der Waals surface area (Å²) in [6.45, 7) is 1.82. The number of aryl methyl sites for hydroxylation is 1. The first kappa shape index (κ1) is 18.4. The lowest BCUT2D eigenvalue weighted by Gasteiger charge is -2.16. The number of anilines is 1. The van der Waals surface area contributed by atoms with Crippen molar-refractivity contribution in [3.63, 3.8) is 0 Å². The Bertz CT molecular complexity index is 1260. The van der Waals surface area contributed by atoms with E-state index in [2.05, 4.69) is 9.97 Å². The maximum atomic E-state index is 13.8. The van der Waals surface area contributed by atoms with Crippen LogP contribution in [0.25, 0.3) is 26.1 Å². The minimum atomic E-state index is -4.80. The first-order valence-corrected chi connectivity index (χ1v) is 9.16. The van der Waals surface area contributed by atoms with Crippen LogP contribution >= 0.6 is 11.3 Å². The predicted molar refractivity (Wildman–Crippen MR) is 105 cm³/mol. The predicted octanol–water partition coefficient (Wildman–Crippen LogP) is 4.39. The number of halogens is 3. The van der Waals surface area contributed by atoms with E-state index in [0.717, 1.165) is 16.9 Å². The lowest BCUT2D eigenvalue weighted by molar-refractivity contribution is -0.146. The maximum Gasteiger partial charge on any atom is 0.450 e. The van der Waals surface area contributed by atoms with Gasteiger partial charge in [-0.05, 0) is 25.1 Å². The van der Waals surface area contributed by atoms with Crippen LogP contribution < -0.4 is 10.5 Å². The highest BCUT2D eigenvalue weighted by atomic mass is 32.1. The van der Waals surface area contributed by atoms with Gasteiger partial charge in [-0.2, -0.15) is 13.2 Å². The molecule has 0 aliphatic carbocycles. The van der Waals surface area contributed by atoms with Crippen molar-refractivity contribution in [1.29, 1.82) is 0 Å². The molecule has 0 bridgehead atoms. The second-order valence-electron chi connectivity index (χ2n) is 6.59. The molecule has 0 aliphatic heterocycles. The van der Waals surface area contributed by atoms with Crippen LogP contribution in [0.3, 0.4) is 0 Å². The summed E-state index contributed by atoms with van der Waals surface area (Å²) in [6, 6.07) is 7.97. The Labute approximate surface area is 161 Å². The molecule has 144 valence electrons. The van der Waals surface area contributed by atoms with Gasteiger partial charge in [0.25, 0.3) is 5.56 Å². The van der Waals surface area contributed by atoms with E-state index in [9.17, 15) is 18.0 Å². The number of aromatic nitrogens is 3. The van der Waals surface area contributed by atoms with E-state index in [1.54, 1.807) is 43.4 Å². The first-order chi connectivity index (χ1) is 13.2. The molecule has 0 unspecified atom stereocenters. The third-order valence-corrected chi connectivity index (χ3v) is 5.47. The summed E-state index contributed by atoms with van der Waals surface area (Å²) in [4.78, 5) is 23.5. The molecule has 0 saturated heterocycles. The molecule has 0 fully saturated rings. The molecule has 0 spiro atoms. The topological polar surface area (TPSA) is 51.0 Å². The zero-order chi connectivity index (χ0) is 20.2. The van der Waals surface area contributed by atoms with E-state index in [4.69, 9.17) is 0 Å². The zero-order valence-electron chi connectivity index (χ0n) is 15.2. The summed E-state index contributed by atoms with van der Waals surface area (Å²) in [6.07, 6.45) is -3.23. The number of hydrogen-bond acceptors (Lipinski definition) is 5. The molecule has 3 aromatic heterocycles. The Morgan fingerprint density at radius 1 is 1.11 bits per heavy atom. The van der Waals surface area contributed by atoms with Gasteiger partial charge < -0.3 is 4.90 Å². The van der Waals surface area contributed by atoms with E-state index >= 15 is 0 Å². The fourth-order valence-corrected chi connectivity index (χ4v) is 4.13. The molecule has 0 radical (unpaired) electrons. The molecule has 28 heavy (non-hydrogen) atoms. The van der Waals surface area contributed by atoms with E-state index in [0.29, 0.717) is 20.5 Å². The monoisotopic (exact) mass is 404 g/mol. The van der Waals surface area contributed by atoms with Crippen LogP contribution in [-0.2, 0) is 6.18 Å². The number of benzene rings is 1. The molecule has 0 N–H and O–H groups in total. The van der Waals surface area contributed by atoms with Crippen molar-refractivity contribution in [2.75, 3.05) is 19.0 Å². The lowest BCUT2D eigenvalue weighted by Crippen LogP contribution is -2.28. The number of hydrogen-bond donors (Lipinski definition) is 0. The van der Waals surface area contributed by atoms with Crippen molar-refractivity contribution < 1.29 is 13.2 Å². The van der Waals surface area contributed by atoms with Crippen LogP contribution in [0, 0.1) is 6.92 Å². The van der Waals surface area contributed by atoms with Crippen molar-refractivity contribution >= 4 is 37.5 Å². The van der Waals surface area contributed by atoms with Crippen LogP contribution in [0.1, 0.15) is 11.4 Å². The fraction of sp³-hybridized carbons (Fsp3) is 0.211. The molecular weight excluding hydrogens is 389 g/mol. The maximum absolute atomic E-state index is 13.8. The summed E-state index contributed by atoms with van der Waals surface area (Å²) in [5.74, 6) is -1.25. The Morgan fingerprint density at radius 2 is 1.79 bits per heavy atom. The van der Waals surface area contributed by atoms with Gasteiger partial charge in [0.2, 0.25) is 5.82 Å². The van der Waals surface area contributed by atoms with Crippen molar-refractivity contribution in [2.24, 2.45) is 0 Å². The van der Waals surface area contributed by atoms with Crippen LogP contribution in [0.15, 0.2) is 41.3 Å². The molecule has 4 aromatic rings. The Hall–Kier alpha value is -2.94. The summed E-state index contributed by atoms with van der Waals surface area (Å²) in [7, 11) is 3.55. The molecular formula is C19H15F3N4OS. The van der Waals surface area contributed by atoms with E-state index < -0.39 is 17.6 Å². The van der Waals surface area contributed by atoms with E-state index in [1.807, 2.05) is 6.92 Å². The van der Waals surface area contributed by atoms with Gasteiger partial charge in [-0.3, -0.25) is 9.36 Å². The second-order valence-corrected chi connectivity index (χ2v) is 7.59. The van der Waals surface area contributed by atoms with Gasteiger partial charge in [-0.1, -0.05) is 17.7 Å². The smallest absolute Gasteiger partial charge is 0.377 e. The minimum Gasteiger partial charge on any atom is -0.377 e. The van der Waals surface area contributed by atoms with Crippen molar-refractivity contribution in [2.45, 2.75) is 13.1 Å². The summed E-state index contributed by atoms with van der Waals surface area (Å²) in [5, 5.41) is 0.450. The van der Waals surface area contributed by atoms with Gasteiger partial charge in [0.15, 0.2) is 0 Å². The highest BCUT2D eigenvalue weighted by molar-refractivity contribution is 7.25. The second kappa shape index (κ2) is 6.30. The highest BCUT2D eigenvalue weighted by Crippen LogP contribution is 2.38. The molecule has 0 saturated carbocycles. The number of alkyl halides is 3. The standard InChI is InChI=1S/C19H15F3N4OS/c1-10-4-6-11(7-5-10)26-17(27)15-14(24-18(26)19(20,21)22)13-12(25(2)3)8-9-23-16(13)28-15/h4-9H,1-3H3. The van der Waals surface area contributed by atoms with Gasteiger partial charge in [0.05, 0.1) is 16.8 Å². The number of rotatable bonds is 2. The third-order valence-electron chi connectivity index (χ3n) is 4.40. The molecule has 0 amide bonds. The van der Waals surface area contributed by atoms with Gasteiger partial charge in [-0.25, -0.2) is 9.97 Å². The van der Waals surface area contributed by atoms with Crippen LogP contribution in [0.4, 0.5) is 18.9 Å². The highest BCUT2D eigenvalue weighted by Gasteiger charge is 2.38. The summed E-state index contributed by atoms with van der Waals surface area (Å²) in [5.41, 5.74) is 0.924. The summed E-state index contributed by atoms with van der Waals surface area (Å²) >= 11 is 1.05. The van der Waals surface area contributed by atoms with E-state index in [1.165, 1.54) is 12.1 Å². The van der Waals surface area contributed by atoms with Gasteiger partial charge in [0.1, 0.15) is 15.0 Å². The third kappa shape index (κ3) is 2.82.